The van der Waals surface area contributed by atoms with Crippen LogP contribution in [-0.4, -0.2) is 20.1 Å². The summed E-state index contributed by atoms with van der Waals surface area (Å²) in [5.41, 5.74) is 0.567. The van der Waals surface area contributed by atoms with Crippen molar-refractivity contribution in [1.29, 1.82) is 0 Å². The summed E-state index contributed by atoms with van der Waals surface area (Å²) in [7, 11) is 2.91. The zero-order valence-electron chi connectivity index (χ0n) is 12.9. The van der Waals surface area contributed by atoms with Gasteiger partial charge in [-0.15, -0.1) is 11.3 Å². The maximum absolute atomic E-state index is 12.1. The molecule has 0 N–H and O–H groups in total. The zero-order chi connectivity index (χ0) is 17.3. The number of thiazole rings is 1. The van der Waals surface area contributed by atoms with Crippen molar-refractivity contribution in [3.63, 3.8) is 0 Å². The number of nitrogens with zero attached hydrogens (tertiary/aromatic N) is 3. The molecule has 0 aromatic carbocycles. The van der Waals surface area contributed by atoms with E-state index < -0.39 is 17.2 Å². The molecule has 0 atom stereocenters. The number of hydrogen-bond donors (Lipinski definition) is 0. The van der Waals surface area contributed by atoms with Gasteiger partial charge in [0, 0.05) is 36.5 Å². The fourth-order valence-electron chi connectivity index (χ4n) is 2.02. The van der Waals surface area contributed by atoms with Crippen molar-refractivity contribution in [3.8, 4) is 10.6 Å². The van der Waals surface area contributed by atoms with Gasteiger partial charge in [0.25, 0.3) is 5.56 Å². The molecule has 0 aliphatic rings. The predicted molar refractivity (Wildman–Crippen MR) is 91.5 cm³/mol. The van der Waals surface area contributed by atoms with Gasteiger partial charge in [-0.05, 0) is 11.4 Å². The summed E-state index contributed by atoms with van der Waals surface area (Å²) in [5.74, 6) is -0.596. The third-order valence-corrected chi connectivity index (χ3v) is 5.03. The summed E-state index contributed by atoms with van der Waals surface area (Å²) < 4.78 is 7.43. The molecule has 0 unspecified atom stereocenters. The first-order chi connectivity index (χ1) is 11.5. The first-order valence-electron chi connectivity index (χ1n) is 6.88. The van der Waals surface area contributed by atoms with Crippen LogP contribution in [0.3, 0.4) is 0 Å². The third-order valence-electron chi connectivity index (χ3n) is 3.46. The van der Waals surface area contributed by atoms with Crippen LogP contribution in [0.5, 0.6) is 0 Å². The number of thiophene rings is 1. The topological polar surface area (TPSA) is 83.2 Å². The van der Waals surface area contributed by atoms with Gasteiger partial charge in [-0.2, -0.15) is 11.3 Å². The van der Waals surface area contributed by atoms with Gasteiger partial charge in [-0.1, -0.05) is 0 Å². The van der Waals surface area contributed by atoms with Gasteiger partial charge in [0.05, 0.1) is 5.69 Å². The molecule has 0 spiro atoms. The molecule has 0 fully saturated rings. The molecule has 3 heterocycles. The van der Waals surface area contributed by atoms with Gasteiger partial charge in [0.2, 0.25) is 0 Å². The van der Waals surface area contributed by atoms with E-state index in [9.17, 15) is 14.4 Å². The Hall–Kier alpha value is -2.52. The number of aromatic nitrogens is 3. The molecular formula is C15H13N3O4S2. The fourth-order valence-corrected chi connectivity index (χ4v) is 3.52. The van der Waals surface area contributed by atoms with Gasteiger partial charge in [-0.3, -0.25) is 13.9 Å². The number of esters is 1. The minimum atomic E-state index is -0.596. The molecule has 0 bridgehead atoms. The summed E-state index contributed by atoms with van der Waals surface area (Å²) in [6.07, 6.45) is 0. The first kappa shape index (κ1) is 16.3. The highest BCUT2D eigenvalue weighted by Crippen LogP contribution is 2.25. The lowest BCUT2D eigenvalue weighted by Crippen LogP contribution is -2.38. The van der Waals surface area contributed by atoms with E-state index >= 15 is 0 Å². The maximum atomic E-state index is 12.1. The highest BCUT2D eigenvalue weighted by molar-refractivity contribution is 7.14. The van der Waals surface area contributed by atoms with Crippen molar-refractivity contribution >= 4 is 28.6 Å². The maximum Gasteiger partial charge on any atom is 0.358 e. The molecule has 0 saturated heterocycles. The summed E-state index contributed by atoms with van der Waals surface area (Å²) in [6, 6.07) is 3.20. The Balaban J connectivity index is 1.75. The lowest BCUT2D eigenvalue weighted by Gasteiger charge is -2.09. The van der Waals surface area contributed by atoms with Gasteiger partial charge in [-0.25, -0.2) is 14.6 Å². The Morgan fingerprint density at radius 3 is 2.75 bits per heavy atom. The van der Waals surface area contributed by atoms with Crippen LogP contribution >= 0.6 is 22.7 Å². The van der Waals surface area contributed by atoms with Crippen LogP contribution in [-0.2, 0) is 25.4 Å². The summed E-state index contributed by atoms with van der Waals surface area (Å²) in [5, 5.41) is 6.25. The Labute approximate surface area is 144 Å². The Morgan fingerprint density at radius 2 is 2.04 bits per heavy atom. The van der Waals surface area contributed by atoms with Crippen molar-refractivity contribution in [2.45, 2.75) is 6.61 Å². The molecule has 0 amide bonds. The molecule has 3 rings (SSSR count). The monoisotopic (exact) mass is 363 g/mol. The second-order valence-corrected chi connectivity index (χ2v) is 6.64. The summed E-state index contributed by atoms with van der Waals surface area (Å²) in [6.45, 7) is -0.175. The molecule has 0 radical (unpaired) electrons. The van der Waals surface area contributed by atoms with Crippen molar-refractivity contribution < 1.29 is 9.53 Å². The van der Waals surface area contributed by atoms with E-state index in [-0.39, 0.29) is 12.3 Å². The van der Waals surface area contributed by atoms with Gasteiger partial charge >= 0.3 is 11.7 Å². The van der Waals surface area contributed by atoms with Crippen LogP contribution in [0.4, 0.5) is 0 Å². The standard InChI is InChI=1S/C15H13N3O4S2/c1-17-10(5-12(19)18(2)15(17)21)6-22-14(20)11-8-24-13(16-11)9-3-4-23-7-9/h3-5,7-8H,6H2,1-2H3. The number of carbonyl (C=O) groups excluding carboxylic acids is 1. The van der Waals surface area contributed by atoms with E-state index in [1.807, 2.05) is 16.8 Å². The van der Waals surface area contributed by atoms with Crippen molar-refractivity contribution in [1.82, 2.24) is 14.1 Å². The van der Waals surface area contributed by atoms with E-state index in [1.165, 1.54) is 36.1 Å². The van der Waals surface area contributed by atoms with Crippen molar-refractivity contribution in [2.75, 3.05) is 0 Å². The largest absolute Gasteiger partial charge is 0.455 e. The van der Waals surface area contributed by atoms with Crippen LogP contribution < -0.4 is 11.2 Å². The van der Waals surface area contributed by atoms with E-state index in [4.69, 9.17) is 4.74 Å². The second kappa shape index (κ2) is 6.54. The molecule has 0 aliphatic carbocycles. The average molecular weight is 363 g/mol. The molecule has 24 heavy (non-hydrogen) atoms. The number of carbonyl (C=O) groups is 1. The highest BCUT2D eigenvalue weighted by atomic mass is 32.1. The Bertz CT molecular complexity index is 999. The van der Waals surface area contributed by atoms with Crippen molar-refractivity contribution in [2.24, 2.45) is 14.1 Å². The number of hydrogen-bond acceptors (Lipinski definition) is 7. The quantitative estimate of drug-likeness (QED) is 0.658. The molecule has 0 saturated carbocycles. The van der Waals surface area contributed by atoms with E-state index in [0.717, 1.165) is 15.1 Å². The summed E-state index contributed by atoms with van der Waals surface area (Å²) in [4.78, 5) is 39.9. The second-order valence-electron chi connectivity index (χ2n) is 5.00. The lowest BCUT2D eigenvalue weighted by atomic mass is 10.3. The molecule has 124 valence electrons. The highest BCUT2D eigenvalue weighted by Gasteiger charge is 2.15. The smallest absolute Gasteiger partial charge is 0.358 e. The zero-order valence-corrected chi connectivity index (χ0v) is 14.5. The summed E-state index contributed by atoms with van der Waals surface area (Å²) >= 11 is 2.91. The van der Waals surface area contributed by atoms with Gasteiger partial charge < -0.3 is 4.74 Å². The predicted octanol–water partition coefficient (Wildman–Crippen LogP) is 1.63. The fraction of sp³-hybridized carbons (Fsp3) is 0.200. The van der Waals surface area contributed by atoms with Crippen LogP contribution in [0, 0.1) is 0 Å². The van der Waals surface area contributed by atoms with E-state index in [0.29, 0.717) is 5.69 Å². The van der Waals surface area contributed by atoms with Crippen LogP contribution in [0.15, 0.2) is 37.9 Å². The van der Waals surface area contributed by atoms with Crippen LogP contribution in [0.1, 0.15) is 16.2 Å². The lowest BCUT2D eigenvalue weighted by molar-refractivity contribution is 0.0457. The SMILES string of the molecule is Cn1c(COC(=O)c2csc(-c3ccsc3)n2)cc(=O)n(C)c1=O. The number of ether oxygens (including phenoxy) is 1. The molecule has 9 heteroatoms. The number of rotatable bonds is 4. The van der Waals surface area contributed by atoms with Gasteiger partial charge in [0.15, 0.2) is 5.69 Å². The Kier molecular flexibility index (Phi) is 4.45. The minimum absolute atomic E-state index is 0.175. The van der Waals surface area contributed by atoms with E-state index in [1.54, 1.807) is 16.7 Å². The molecular weight excluding hydrogens is 350 g/mol. The molecule has 3 aromatic heterocycles. The third kappa shape index (κ3) is 3.08. The molecule has 3 aromatic rings. The molecule has 0 aliphatic heterocycles. The molecule has 7 nitrogen and oxygen atoms in total. The first-order valence-corrected chi connectivity index (χ1v) is 8.71. The average Bonchev–Trinajstić information content (AvgIpc) is 3.25. The Morgan fingerprint density at radius 1 is 1.25 bits per heavy atom. The van der Waals surface area contributed by atoms with Crippen molar-refractivity contribution in [3.05, 3.63) is 60.5 Å². The van der Waals surface area contributed by atoms with Gasteiger partial charge in [0.1, 0.15) is 11.6 Å². The van der Waals surface area contributed by atoms with Crippen LogP contribution in [0.25, 0.3) is 10.6 Å². The minimum Gasteiger partial charge on any atom is -0.455 e. The van der Waals surface area contributed by atoms with E-state index in [2.05, 4.69) is 4.98 Å². The normalized spacial score (nSPS) is 10.8. The van der Waals surface area contributed by atoms with Crippen LogP contribution in [0.2, 0.25) is 0 Å².